The van der Waals surface area contributed by atoms with E-state index < -0.39 is 0 Å². The van der Waals surface area contributed by atoms with E-state index in [2.05, 4.69) is 20.4 Å². The summed E-state index contributed by atoms with van der Waals surface area (Å²) in [5.41, 5.74) is 1.91. The van der Waals surface area contributed by atoms with E-state index in [0.717, 1.165) is 23.3 Å². The number of rotatable bonds is 6. The molecule has 0 heterocycles. The molecule has 0 aliphatic carbocycles. The van der Waals surface area contributed by atoms with Crippen LogP contribution in [0.15, 0.2) is 24.8 Å². The normalized spacial score (nSPS) is 12.2. The maximum Gasteiger partial charge on any atom is 0.126 e. The topological polar surface area (TPSA) is 29.5 Å². The predicted molar refractivity (Wildman–Crippen MR) is 67.5 cm³/mol. The van der Waals surface area contributed by atoms with E-state index in [9.17, 15) is 0 Å². The van der Waals surface area contributed by atoms with Gasteiger partial charge in [0.1, 0.15) is 5.75 Å². The molecule has 0 bridgehead atoms. The number of benzene rings is 1. The summed E-state index contributed by atoms with van der Waals surface area (Å²) >= 11 is 0. The minimum Gasteiger partial charge on any atom is -0.493 e. The zero-order valence-corrected chi connectivity index (χ0v) is 9.78. The Balaban J connectivity index is 3.05. The molecular formula is C14H19O2. The van der Waals surface area contributed by atoms with Crippen LogP contribution in [0.4, 0.5) is 0 Å². The molecular weight excluding hydrogens is 200 g/mol. The van der Waals surface area contributed by atoms with E-state index in [4.69, 9.17) is 9.84 Å². The molecule has 1 aromatic carbocycles. The fraction of sp³-hybridized carbons (Fsp3) is 0.357. The van der Waals surface area contributed by atoms with Gasteiger partial charge in [-0.15, -0.1) is 0 Å². The monoisotopic (exact) mass is 219 g/mol. The van der Waals surface area contributed by atoms with Crippen molar-refractivity contribution in [3.05, 3.63) is 42.8 Å². The third kappa shape index (κ3) is 2.86. The first kappa shape index (κ1) is 12.8. The second-order valence-corrected chi connectivity index (χ2v) is 3.69. The number of hydrogen-bond donors (Lipinski definition) is 1. The van der Waals surface area contributed by atoms with Crippen LogP contribution in [0.3, 0.4) is 0 Å². The van der Waals surface area contributed by atoms with Gasteiger partial charge in [0, 0.05) is 18.1 Å². The average Bonchev–Trinajstić information content (AvgIpc) is 2.34. The SMILES string of the molecule is [CH2]C(CO)c1cccc(OCCC)c1C=C. The zero-order chi connectivity index (χ0) is 12.0. The van der Waals surface area contributed by atoms with Crippen LogP contribution in [0.1, 0.15) is 30.4 Å². The van der Waals surface area contributed by atoms with E-state index in [1.807, 2.05) is 18.2 Å². The lowest BCUT2D eigenvalue weighted by atomic mass is 9.95. The van der Waals surface area contributed by atoms with Gasteiger partial charge in [-0.05, 0) is 25.0 Å². The van der Waals surface area contributed by atoms with Gasteiger partial charge >= 0.3 is 0 Å². The van der Waals surface area contributed by atoms with Crippen LogP contribution in [0.5, 0.6) is 5.75 Å². The van der Waals surface area contributed by atoms with Gasteiger partial charge in [-0.3, -0.25) is 0 Å². The summed E-state index contributed by atoms with van der Waals surface area (Å²) in [6, 6.07) is 5.78. The highest BCUT2D eigenvalue weighted by Crippen LogP contribution is 2.28. The lowest BCUT2D eigenvalue weighted by Gasteiger charge is -2.16. The Kier molecular flexibility index (Phi) is 5.06. The van der Waals surface area contributed by atoms with Crippen LogP contribution < -0.4 is 4.74 Å². The molecule has 1 atom stereocenters. The first-order valence-electron chi connectivity index (χ1n) is 5.56. The standard InChI is InChI=1S/C14H19O2/c1-4-9-16-14-8-6-7-13(11(3)10-15)12(14)5-2/h5-8,11,15H,2-4,9-10H2,1H3. The average molecular weight is 219 g/mol. The van der Waals surface area contributed by atoms with Crippen molar-refractivity contribution in [2.75, 3.05) is 13.2 Å². The fourth-order valence-electron chi connectivity index (χ4n) is 1.57. The molecule has 16 heavy (non-hydrogen) atoms. The number of aliphatic hydroxyl groups excluding tert-OH is 1. The van der Waals surface area contributed by atoms with Gasteiger partial charge in [-0.1, -0.05) is 31.7 Å². The Morgan fingerprint density at radius 2 is 2.25 bits per heavy atom. The number of hydrogen-bond acceptors (Lipinski definition) is 2. The van der Waals surface area contributed by atoms with Crippen molar-refractivity contribution in [3.63, 3.8) is 0 Å². The Hall–Kier alpha value is -1.28. The molecule has 0 aromatic heterocycles. The van der Waals surface area contributed by atoms with Crippen molar-refractivity contribution in [1.82, 2.24) is 0 Å². The van der Waals surface area contributed by atoms with E-state index in [1.165, 1.54) is 0 Å². The summed E-state index contributed by atoms with van der Waals surface area (Å²) in [4.78, 5) is 0. The third-order valence-electron chi connectivity index (χ3n) is 2.43. The Labute approximate surface area is 97.6 Å². The lowest BCUT2D eigenvalue weighted by Crippen LogP contribution is -2.04. The quantitative estimate of drug-likeness (QED) is 0.797. The lowest BCUT2D eigenvalue weighted by molar-refractivity contribution is 0.281. The molecule has 0 fully saturated rings. The molecule has 0 aliphatic heterocycles. The molecule has 0 amide bonds. The van der Waals surface area contributed by atoms with Crippen molar-refractivity contribution >= 4 is 6.08 Å². The van der Waals surface area contributed by atoms with Gasteiger partial charge in [0.2, 0.25) is 0 Å². The molecule has 0 saturated carbocycles. The summed E-state index contributed by atoms with van der Waals surface area (Å²) in [5.74, 6) is 0.676. The first-order valence-corrected chi connectivity index (χ1v) is 5.56. The van der Waals surface area contributed by atoms with Gasteiger partial charge in [-0.25, -0.2) is 0 Å². The van der Waals surface area contributed by atoms with Gasteiger partial charge in [0.05, 0.1) is 6.61 Å². The minimum absolute atomic E-state index is 0.0259. The smallest absolute Gasteiger partial charge is 0.126 e. The molecule has 0 aliphatic rings. The van der Waals surface area contributed by atoms with Crippen molar-refractivity contribution < 1.29 is 9.84 Å². The highest BCUT2D eigenvalue weighted by atomic mass is 16.5. The number of ether oxygens (including phenoxy) is 1. The molecule has 1 unspecified atom stereocenters. The third-order valence-corrected chi connectivity index (χ3v) is 2.43. The molecule has 1 aromatic rings. The van der Waals surface area contributed by atoms with Crippen LogP contribution in [0, 0.1) is 6.92 Å². The van der Waals surface area contributed by atoms with E-state index >= 15 is 0 Å². The van der Waals surface area contributed by atoms with Crippen LogP contribution in [0.2, 0.25) is 0 Å². The van der Waals surface area contributed by atoms with Crippen molar-refractivity contribution in [1.29, 1.82) is 0 Å². The van der Waals surface area contributed by atoms with Gasteiger partial charge in [0.25, 0.3) is 0 Å². The van der Waals surface area contributed by atoms with Gasteiger partial charge in [0.15, 0.2) is 0 Å². The second kappa shape index (κ2) is 6.33. The summed E-state index contributed by atoms with van der Waals surface area (Å²) in [6.07, 6.45) is 2.72. The predicted octanol–water partition coefficient (Wildman–Crippen LogP) is 3.03. The summed E-state index contributed by atoms with van der Waals surface area (Å²) in [7, 11) is 0. The second-order valence-electron chi connectivity index (χ2n) is 3.69. The van der Waals surface area contributed by atoms with Crippen molar-refractivity contribution in [2.24, 2.45) is 0 Å². The van der Waals surface area contributed by atoms with E-state index in [1.54, 1.807) is 6.08 Å². The summed E-state index contributed by atoms with van der Waals surface area (Å²) < 4.78 is 5.63. The maximum absolute atomic E-state index is 9.14. The first-order chi connectivity index (χ1) is 7.74. The highest BCUT2D eigenvalue weighted by molar-refractivity contribution is 5.61. The molecule has 1 N–H and O–H groups in total. The van der Waals surface area contributed by atoms with Crippen LogP contribution in [0.25, 0.3) is 6.08 Å². The molecule has 0 saturated heterocycles. The minimum atomic E-state index is -0.141. The van der Waals surface area contributed by atoms with Crippen LogP contribution in [-0.2, 0) is 0 Å². The van der Waals surface area contributed by atoms with E-state index in [0.29, 0.717) is 6.61 Å². The van der Waals surface area contributed by atoms with Crippen molar-refractivity contribution in [3.8, 4) is 5.75 Å². The summed E-state index contributed by atoms with van der Waals surface area (Å²) in [5, 5.41) is 9.14. The van der Waals surface area contributed by atoms with Crippen LogP contribution >= 0.6 is 0 Å². The Morgan fingerprint density at radius 3 is 2.81 bits per heavy atom. The Bertz CT molecular complexity index is 345. The molecule has 0 spiro atoms. The fourth-order valence-corrected chi connectivity index (χ4v) is 1.57. The Morgan fingerprint density at radius 1 is 1.50 bits per heavy atom. The highest BCUT2D eigenvalue weighted by Gasteiger charge is 2.11. The van der Waals surface area contributed by atoms with Gasteiger partial charge < -0.3 is 9.84 Å². The van der Waals surface area contributed by atoms with E-state index in [-0.39, 0.29) is 12.5 Å². The molecule has 87 valence electrons. The summed E-state index contributed by atoms with van der Waals surface area (Å²) in [6.45, 7) is 10.5. The molecule has 1 radical (unpaired) electrons. The maximum atomic E-state index is 9.14. The van der Waals surface area contributed by atoms with Gasteiger partial charge in [-0.2, -0.15) is 0 Å². The largest absolute Gasteiger partial charge is 0.493 e. The van der Waals surface area contributed by atoms with Crippen molar-refractivity contribution in [2.45, 2.75) is 19.3 Å². The molecule has 2 nitrogen and oxygen atoms in total. The zero-order valence-electron chi connectivity index (χ0n) is 9.78. The van der Waals surface area contributed by atoms with Crippen LogP contribution in [-0.4, -0.2) is 18.3 Å². The molecule has 2 heteroatoms. The number of aliphatic hydroxyl groups is 1. The molecule has 1 rings (SSSR count).